The molecule has 1 aromatic carbocycles. The molecule has 0 unspecified atom stereocenters. The normalized spacial score (nSPS) is 13.9. The number of aryl methyl sites for hydroxylation is 2. The van der Waals surface area contributed by atoms with Gasteiger partial charge in [0, 0.05) is 35.6 Å². The number of hydrogen-bond donors (Lipinski definition) is 1. The Hall–Kier alpha value is -3.85. The van der Waals surface area contributed by atoms with E-state index in [1.807, 2.05) is 41.8 Å². The van der Waals surface area contributed by atoms with Crippen molar-refractivity contribution in [2.45, 2.75) is 77.8 Å². The average molecular weight is 556 g/mol. The van der Waals surface area contributed by atoms with Crippen LogP contribution in [-0.4, -0.2) is 59.8 Å². The molecule has 1 aliphatic carbocycles. The Labute approximate surface area is 241 Å². The highest BCUT2D eigenvalue weighted by Crippen LogP contribution is 2.40. The zero-order valence-electron chi connectivity index (χ0n) is 24.9. The third kappa shape index (κ3) is 6.56. The molecule has 4 aromatic rings. The van der Waals surface area contributed by atoms with Gasteiger partial charge < -0.3 is 14.6 Å². The van der Waals surface area contributed by atoms with Crippen LogP contribution in [0.4, 0.5) is 0 Å². The van der Waals surface area contributed by atoms with Gasteiger partial charge in [0.15, 0.2) is 11.6 Å². The van der Waals surface area contributed by atoms with Crippen LogP contribution in [0.1, 0.15) is 103 Å². The zero-order chi connectivity index (χ0) is 29.1. The standard InChI is InChI=1S/C32H41N7O2/c1-6-38(21-28-34-36-37(5)35-28)31(41)25-16-18-39-20-26(23-10-7-11-23)29(27(39)19-25)30(40)24-14-12-22(13-15-24)9-8-17-33-32(2,3)4/h12-16,18-20,23,33H,6-11,17,21H2,1-5H3. The molecular weight excluding hydrogens is 514 g/mol. The molecule has 1 amide bonds. The van der Waals surface area contributed by atoms with Crippen LogP contribution >= 0.6 is 0 Å². The molecule has 0 bridgehead atoms. The summed E-state index contributed by atoms with van der Waals surface area (Å²) in [6.07, 6.45) is 9.32. The summed E-state index contributed by atoms with van der Waals surface area (Å²) in [6.45, 7) is 10.2. The van der Waals surface area contributed by atoms with E-state index >= 15 is 0 Å². The fourth-order valence-electron chi connectivity index (χ4n) is 5.39. The number of nitrogens with one attached hydrogen (secondary N) is 1. The Morgan fingerprint density at radius 1 is 1.10 bits per heavy atom. The monoisotopic (exact) mass is 555 g/mol. The Balaban J connectivity index is 1.40. The Morgan fingerprint density at radius 3 is 2.46 bits per heavy atom. The fourth-order valence-corrected chi connectivity index (χ4v) is 5.39. The first-order valence-corrected chi connectivity index (χ1v) is 14.7. The SMILES string of the molecule is CCN(Cc1nnn(C)n1)C(=O)c1ccn2cc(C3CCC3)c(C(=O)c3ccc(CCCNC(C)(C)C)cc3)c2c1. The van der Waals surface area contributed by atoms with Crippen molar-refractivity contribution >= 4 is 17.2 Å². The topological polar surface area (TPSA) is 97.4 Å². The Bertz CT molecular complexity index is 1520. The van der Waals surface area contributed by atoms with Crippen molar-refractivity contribution in [1.29, 1.82) is 0 Å². The molecule has 1 aliphatic rings. The number of amides is 1. The van der Waals surface area contributed by atoms with E-state index in [9.17, 15) is 9.59 Å². The maximum Gasteiger partial charge on any atom is 0.254 e. The molecule has 3 aromatic heterocycles. The van der Waals surface area contributed by atoms with Crippen LogP contribution < -0.4 is 5.32 Å². The lowest BCUT2D eigenvalue weighted by Gasteiger charge is -2.25. The maximum atomic E-state index is 14.0. The second-order valence-electron chi connectivity index (χ2n) is 12.1. The molecule has 0 aliphatic heterocycles. The number of carbonyl (C=O) groups excluding carboxylic acids is 2. The largest absolute Gasteiger partial charge is 0.331 e. The van der Waals surface area contributed by atoms with Crippen molar-refractivity contribution in [1.82, 2.24) is 34.8 Å². The Morgan fingerprint density at radius 2 is 1.85 bits per heavy atom. The summed E-state index contributed by atoms with van der Waals surface area (Å²) in [5.74, 6) is 0.745. The first-order chi connectivity index (χ1) is 19.6. The molecule has 41 heavy (non-hydrogen) atoms. The molecule has 5 rings (SSSR count). The van der Waals surface area contributed by atoms with E-state index in [0.717, 1.165) is 43.3 Å². The molecule has 1 fully saturated rings. The van der Waals surface area contributed by atoms with Gasteiger partial charge >= 0.3 is 0 Å². The number of hydrogen-bond acceptors (Lipinski definition) is 6. The summed E-state index contributed by atoms with van der Waals surface area (Å²) >= 11 is 0. The van der Waals surface area contributed by atoms with Crippen molar-refractivity contribution in [2.75, 3.05) is 13.1 Å². The summed E-state index contributed by atoms with van der Waals surface area (Å²) in [7, 11) is 1.70. The van der Waals surface area contributed by atoms with Gasteiger partial charge in [0.2, 0.25) is 0 Å². The van der Waals surface area contributed by atoms with Gasteiger partial charge in [-0.15, -0.1) is 10.2 Å². The molecule has 3 heterocycles. The third-order valence-corrected chi connectivity index (χ3v) is 7.89. The lowest BCUT2D eigenvalue weighted by Crippen LogP contribution is -2.36. The van der Waals surface area contributed by atoms with Crippen molar-refractivity contribution < 1.29 is 9.59 Å². The number of nitrogens with zero attached hydrogens (tertiary/aromatic N) is 6. The van der Waals surface area contributed by atoms with E-state index in [1.54, 1.807) is 11.9 Å². The number of pyridine rings is 1. The van der Waals surface area contributed by atoms with Crippen LogP contribution in [0.3, 0.4) is 0 Å². The third-order valence-electron chi connectivity index (χ3n) is 7.89. The molecule has 0 spiro atoms. The summed E-state index contributed by atoms with van der Waals surface area (Å²) in [5, 5.41) is 15.7. The molecular formula is C32H41N7O2. The minimum Gasteiger partial charge on any atom is -0.331 e. The molecule has 1 N–H and O–H groups in total. The number of tetrazole rings is 1. The van der Waals surface area contributed by atoms with E-state index in [1.165, 1.54) is 16.8 Å². The van der Waals surface area contributed by atoms with E-state index in [2.05, 4.69) is 59.8 Å². The highest BCUT2D eigenvalue weighted by Gasteiger charge is 2.29. The Kier molecular flexibility index (Phi) is 8.35. The van der Waals surface area contributed by atoms with Gasteiger partial charge in [0.1, 0.15) is 0 Å². The minimum absolute atomic E-state index is 0.0102. The first kappa shape index (κ1) is 28.7. The first-order valence-electron chi connectivity index (χ1n) is 14.7. The van der Waals surface area contributed by atoms with Gasteiger partial charge in [-0.1, -0.05) is 30.7 Å². The molecule has 216 valence electrons. The number of rotatable bonds is 11. The highest BCUT2D eigenvalue weighted by atomic mass is 16.2. The predicted octanol–water partition coefficient (Wildman–Crippen LogP) is 4.94. The fraction of sp³-hybridized carbons (Fsp3) is 0.469. The average Bonchev–Trinajstić information content (AvgIpc) is 3.50. The second kappa shape index (κ2) is 11.9. The quantitative estimate of drug-likeness (QED) is 0.208. The lowest BCUT2D eigenvalue weighted by atomic mass is 9.78. The molecule has 0 radical (unpaired) electrons. The van der Waals surface area contributed by atoms with Crippen LogP contribution in [0.5, 0.6) is 0 Å². The van der Waals surface area contributed by atoms with Gasteiger partial charge in [0.25, 0.3) is 5.91 Å². The minimum atomic E-state index is -0.127. The van der Waals surface area contributed by atoms with Gasteiger partial charge in [-0.3, -0.25) is 9.59 Å². The van der Waals surface area contributed by atoms with E-state index in [4.69, 9.17) is 0 Å². The number of carbonyl (C=O) groups is 2. The zero-order valence-corrected chi connectivity index (χ0v) is 24.9. The highest BCUT2D eigenvalue weighted by molar-refractivity contribution is 6.15. The molecule has 0 saturated heterocycles. The molecule has 0 atom stereocenters. The number of aromatic nitrogens is 5. The van der Waals surface area contributed by atoms with Gasteiger partial charge in [-0.05, 0) is 94.3 Å². The lowest BCUT2D eigenvalue weighted by molar-refractivity contribution is 0.0748. The number of fused-ring (bicyclic) bond motifs is 1. The smallest absolute Gasteiger partial charge is 0.254 e. The summed E-state index contributed by atoms with van der Waals surface area (Å²) in [4.78, 5) is 30.7. The van der Waals surface area contributed by atoms with E-state index < -0.39 is 0 Å². The van der Waals surface area contributed by atoms with E-state index in [0.29, 0.717) is 35.0 Å². The second-order valence-corrected chi connectivity index (χ2v) is 12.1. The molecule has 1 saturated carbocycles. The van der Waals surface area contributed by atoms with Gasteiger partial charge in [-0.25, -0.2) is 0 Å². The maximum absolute atomic E-state index is 14.0. The van der Waals surface area contributed by atoms with Gasteiger partial charge in [-0.2, -0.15) is 4.80 Å². The summed E-state index contributed by atoms with van der Waals surface area (Å²) < 4.78 is 1.99. The van der Waals surface area contributed by atoms with Crippen LogP contribution in [0.2, 0.25) is 0 Å². The van der Waals surface area contributed by atoms with E-state index in [-0.39, 0.29) is 23.8 Å². The molecule has 9 nitrogen and oxygen atoms in total. The van der Waals surface area contributed by atoms with Crippen molar-refractivity contribution in [3.05, 3.63) is 82.4 Å². The van der Waals surface area contributed by atoms with Gasteiger partial charge in [0.05, 0.1) is 24.7 Å². The summed E-state index contributed by atoms with van der Waals surface area (Å²) in [6, 6.07) is 11.7. The number of ketones is 1. The van der Waals surface area contributed by atoms with Crippen LogP contribution in [0.25, 0.3) is 5.52 Å². The van der Waals surface area contributed by atoms with Crippen LogP contribution in [-0.2, 0) is 20.0 Å². The van der Waals surface area contributed by atoms with Crippen LogP contribution in [0.15, 0.2) is 48.8 Å². The summed E-state index contributed by atoms with van der Waals surface area (Å²) in [5.41, 5.74) is 5.12. The van der Waals surface area contributed by atoms with Crippen molar-refractivity contribution in [2.24, 2.45) is 7.05 Å². The predicted molar refractivity (Wildman–Crippen MR) is 159 cm³/mol. The van der Waals surface area contributed by atoms with Crippen molar-refractivity contribution in [3.63, 3.8) is 0 Å². The molecule has 9 heteroatoms. The number of benzene rings is 1. The van der Waals surface area contributed by atoms with Crippen LogP contribution in [0, 0.1) is 0 Å². The van der Waals surface area contributed by atoms with Crippen molar-refractivity contribution in [3.8, 4) is 0 Å².